The summed E-state index contributed by atoms with van der Waals surface area (Å²) in [7, 11) is 0. The monoisotopic (exact) mass is 394 g/mol. The average molecular weight is 394 g/mol. The molecule has 1 aromatic heterocycles. The van der Waals surface area contributed by atoms with Gasteiger partial charge in [0.2, 0.25) is 0 Å². The van der Waals surface area contributed by atoms with E-state index in [4.69, 9.17) is 9.15 Å². The second-order valence-corrected chi connectivity index (χ2v) is 7.36. The van der Waals surface area contributed by atoms with Crippen molar-refractivity contribution < 1.29 is 13.9 Å². The second kappa shape index (κ2) is 7.16. The molecule has 0 radical (unpaired) electrons. The van der Waals surface area contributed by atoms with Crippen LogP contribution in [0.1, 0.15) is 21.5 Å². The van der Waals surface area contributed by atoms with Crippen molar-refractivity contribution in [3.8, 4) is 0 Å². The predicted octanol–water partition coefficient (Wildman–Crippen LogP) is 5.76. The van der Waals surface area contributed by atoms with Crippen molar-refractivity contribution in [3.63, 3.8) is 0 Å². The van der Waals surface area contributed by atoms with Crippen LogP contribution in [0.25, 0.3) is 32.5 Å². The summed E-state index contributed by atoms with van der Waals surface area (Å²) < 4.78 is 11.0. The van der Waals surface area contributed by atoms with Crippen LogP contribution in [-0.4, -0.2) is 5.97 Å². The smallest absolute Gasteiger partial charge is 0.339 e. The van der Waals surface area contributed by atoms with Crippen LogP contribution in [0.2, 0.25) is 0 Å². The highest BCUT2D eigenvalue weighted by Gasteiger charge is 2.17. The summed E-state index contributed by atoms with van der Waals surface area (Å²) in [6, 6.07) is 24.6. The normalized spacial score (nSPS) is 11.2. The van der Waals surface area contributed by atoms with E-state index in [2.05, 4.69) is 6.07 Å². The van der Waals surface area contributed by atoms with E-state index in [-0.39, 0.29) is 6.61 Å². The lowest BCUT2D eigenvalue weighted by molar-refractivity contribution is 0.0478. The van der Waals surface area contributed by atoms with E-state index in [1.165, 1.54) is 6.07 Å². The predicted molar refractivity (Wildman–Crippen MR) is 118 cm³/mol. The summed E-state index contributed by atoms with van der Waals surface area (Å²) in [5.41, 5.74) is 2.17. The molecule has 0 spiro atoms. The average Bonchev–Trinajstić information content (AvgIpc) is 2.75. The Bertz CT molecular complexity index is 1440. The molecular formula is C26H18O4. The lowest BCUT2D eigenvalue weighted by Gasteiger charge is -2.12. The Labute approximate surface area is 172 Å². The molecule has 1 heterocycles. The van der Waals surface area contributed by atoms with E-state index in [0.717, 1.165) is 32.5 Å². The minimum Gasteiger partial charge on any atom is -0.457 e. The van der Waals surface area contributed by atoms with E-state index < -0.39 is 11.6 Å². The highest BCUT2D eigenvalue weighted by molar-refractivity contribution is 6.16. The first kappa shape index (κ1) is 18.1. The topological polar surface area (TPSA) is 56.5 Å². The van der Waals surface area contributed by atoms with Crippen molar-refractivity contribution in [2.24, 2.45) is 0 Å². The Morgan fingerprint density at radius 3 is 2.20 bits per heavy atom. The number of rotatable bonds is 3. The number of carbonyl (C=O) groups is 1. The van der Waals surface area contributed by atoms with Crippen molar-refractivity contribution in [3.05, 3.63) is 106 Å². The molecule has 146 valence electrons. The molecule has 0 bridgehead atoms. The number of carbonyl (C=O) groups excluding carboxylic acids is 1. The number of esters is 1. The lowest BCUT2D eigenvalue weighted by atomic mass is 9.97. The number of aryl methyl sites for hydroxylation is 1. The highest BCUT2D eigenvalue weighted by Crippen LogP contribution is 2.29. The summed E-state index contributed by atoms with van der Waals surface area (Å²) in [5.74, 6) is -0.420. The zero-order valence-corrected chi connectivity index (χ0v) is 16.3. The van der Waals surface area contributed by atoms with E-state index >= 15 is 0 Å². The van der Waals surface area contributed by atoms with Crippen molar-refractivity contribution in [2.75, 3.05) is 0 Å². The summed E-state index contributed by atoms with van der Waals surface area (Å²) in [4.78, 5) is 25.2. The van der Waals surface area contributed by atoms with E-state index in [1.54, 1.807) is 6.07 Å². The number of benzene rings is 4. The largest absolute Gasteiger partial charge is 0.457 e. The molecule has 30 heavy (non-hydrogen) atoms. The Hall–Kier alpha value is -3.92. The van der Waals surface area contributed by atoms with Crippen LogP contribution < -0.4 is 5.63 Å². The first-order chi connectivity index (χ1) is 14.6. The summed E-state index contributed by atoms with van der Waals surface area (Å²) in [5, 5.41) is 4.40. The molecule has 0 atom stereocenters. The summed E-state index contributed by atoms with van der Waals surface area (Å²) in [6.45, 7) is 1.92. The Kier molecular flexibility index (Phi) is 4.32. The fourth-order valence-corrected chi connectivity index (χ4v) is 3.91. The molecule has 0 N–H and O–H groups in total. The molecule has 4 heteroatoms. The van der Waals surface area contributed by atoms with Crippen molar-refractivity contribution in [2.45, 2.75) is 13.5 Å². The Morgan fingerprint density at radius 1 is 0.833 bits per heavy atom. The van der Waals surface area contributed by atoms with Gasteiger partial charge in [0.25, 0.3) is 0 Å². The molecule has 0 aliphatic rings. The van der Waals surface area contributed by atoms with Crippen molar-refractivity contribution in [1.82, 2.24) is 0 Å². The quantitative estimate of drug-likeness (QED) is 0.222. The van der Waals surface area contributed by atoms with Gasteiger partial charge < -0.3 is 9.15 Å². The number of ether oxygens (including phenoxy) is 1. The van der Waals surface area contributed by atoms with E-state index in [1.807, 2.05) is 67.6 Å². The highest BCUT2D eigenvalue weighted by atomic mass is 16.5. The molecule has 5 rings (SSSR count). The van der Waals surface area contributed by atoms with Crippen LogP contribution in [0.3, 0.4) is 0 Å². The molecule has 4 aromatic carbocycles. The van der Waals surface area contributed by atoms with Gasteiger partial charge in [-0.2, -0.15) is 0 Å². The molecular weight excluding hydrogens is 376 g/mol. The summed E-state index contributed by atoms with van der Waals surface area (Å²) in [6.07, 6.45) is 0. The minimum atomic E-state index is -0.463. The van der Waals surface area contributed by atoms with Gasteiger partial charge in [-0.25, -0.2) is 9.59 Å². The minimum absolute atomic E-state index is 0.0124. The fraction of sp³-hybridized carbons (Fsp3) is 0.0769. The Morgan fingerprint density at radius 2 is 1.50 bits per heavy atom. The maximum atomic E-state index is 13.2. The number of hydrogen-bond donors (Lipinski definition) is 0. The van der Waals surface area contributed by atoms with Gasteiger partial charge in [-0.05, 0) is 46.2 Å². The van der Waals surface area contributed by atoms with Crippen molar-refractivity contribution >= 4 is 38.5 Å². The lowest BCUT2D eigenvalue weighted by Crippen LogP contribution is -2.09. The van der Waals surface area contributed by atoms with E-state index in [9.17, 15) is 9.59 Å². The molecule has 0 aliphatic carbocycles. The molecule has 0 fully saturated rings. The van der Waals surface area contributed by atoms with Gasteiger partial charge in [-0.15, -0.1) is 0 Å². The first-order valence-corrected chi connectivity index (χ1v) is 9.71. The van der Waals surface area contributed by atoms with Gasteiger partial charge in [0.05, 0.1) is 5.56 Å². The van der Waals surface area contributed by atoms with E-state index in [0.29, 0.717) is 16.7 Å². The third-order valence-electron chi connectivity index (χ3n) is 5.32. The third kappa shape index (κ3) is 3.12. The SMILES string of the molecule is Cc1ccc2c(COC(=O)c3c4ccccc4cc4ccccc34)cc(=O)oc2c1. The zero-order valence-electron chi connectivity index (χ0n) is 16.3. The summed E-state index contributed by atoms with van der Waals surface area (Å²) >= 11 is 0. The van der Waals surface area contributed by atoms with Gasteiger partial charge >= 0.3 is 11.6 Å². The number of hydrogen-bond acceptors (Lipinski definition) is 4. The van der Waals surface area contributed by atoms with Crippen LogP contribution in [0.15, 0.2) is 88.1 Å². The van der Waals surface area contributed by atoms with Gasteiger partial charge in [0.15, 0.2) is 0 Å². The maximum absolute atomic E-state index is 13.2. The fourth-order valence-electron chi connectivity index (χ4n) is 3.91. The first-order valence-electron chi connectivity index (χ1n) is 9.71. The standard InChI is InChI=1S/C26H18O4/c1-16-10-11-20-19(14-24(27)30-23(20)12-16)15-29-26(28)25-21-8-4-2-6-17(21)13-18-7-3-5-9-22(18)25/h2-14H,15H2,1H3. The van der Waals surface area contributed by atoms with Gasteiger partial charge in [-0.3, -0.25) is 0 Å². The second-order valence-electron chi connectivity index (χ2n) is 7.36. The molecule has 0 saturated heterocycles. The van der Waals surface area contributed by atoms with Crippen molar-refractivity contribution in [1.29, 1.82) is 0 Å². The van der Waals surface area contributed by atoms with Crippen LogP contribution in [0, 0.1) is 6.92 Å². The Balaban J connectivity index is 1.58. The molecule has 0 amide bonds. The maximum Gasteiger partial charge on any atom is 0.339 e. The van der Waals surface area contributed by atoms with Crippen LogP contribution in [0.4, 0.5) is 0 Å². The van der Waals surface area contributed by atoms with Gasteiger partial charge in [0.1, 0.15) is 12.2 Å². The van der Waals surface area contributed by atoms with Gasteiger partial charge in [-0.1, -0.05) is 60.7 Å². The van der Waals surface area contributed by atoms with Crippen LogP contribution >= 0.6 is 0 Å². The van der Waals surface area contributed by atoms with Crippen LogP contribution in [0.5, 0.6) is 0 Å². The molecule has 5 aromatic rings. The third-order valence-corrected chi connectivity index (χ3v) is 5.32. The number of fused-ring (bicyclic) bond motifs is 3. The molecule has 4 nitrogen and oxygen atoms in total. The molecule has 0 aliphatic heterocycles. The molecule has 0 unspecified atom stereocenters. The zero-order chi connectivity index (χ0) is 20.7. The van der Waals surface area contributed by atoms with Gasteiger partial charge in [0, 0.05) is 17.0 Å². The van der Waals surface area contributed by atoms with Crippen LogP contribution in [-0.2, 0) is 11.3 Å². The molecule has 0 saturated carbocycles.